The van der Waals surface area contributed by atoms with E-state index in [4.69, 9.17) is 10.5 Å². The summed E-state index contributed by atoms with van der Waals surface area (Å²) in [6, 6.07) is 9.74. The number of carbonyl (C=O) groups excluding carboxylic acids is 1. The molecule has 0 saturated heterocycles. The molecule has 0 unspecified atom stereocenters. The zero-order chi connectivity index (χ0) is 16.7. The van der Waals surface area contributed by atoms with Gasteiger partial charge in [-0.15, -0.1) is 11.3 Å². The first-order chi connectivity index (χ1) is 11.7. The van der Waals surface area contributed by atoms with Gasteiger partial charge in [-0.25, -0.2) is 4.98 Å². The molecular weight excluding hydrogens is 320 g/mol. The van der Waals surface area contributed by atoms with Crippen molar-refractivity contribution in [1.82, 2.24) is 4.98 Å². The fraction of sp³-hybridized carbons (Fsp3) is 0.263. The average molecular weight is 338 g/mol. The van der Waals surface area contributed by atoms with Crippen LogP contribution in [0.25, 0.3) is 21.3 Å². The minimum atomic E-state index is -0.488. The van der Waals surface area contributed by atoms with Gasteiger partial charge in [0.1, 0.15) is 16.3 Å². The number of nitrogens with two attached hydrogens (primary N) is 1. The third-order valence-electron chi connectivity index (χ3n) is 4.58. The lowest BCUT2D eigenvalue weighted by Gasteiger charge is -2.13. The van der Waals surface area contributed by atoms with Crippen LogP contribution in [0.5, 0.6) is 5.75 Å². The van der Waals surface area contributed by atoms with Gasteiger partial charge in [0.05, 0.1) is 7.11 Å². The number of thiophene rings is 1. The Morgan fingerprint density at radius 3 is 2.67 bits per heavy atom. The summed E-state index contributed by atoms with van der Waals surface area (Å²) in [5.74, 6) is 0.324. The lowest BCUT2D eigenvalue weighted by atomic mass is 9.92. The van der Waals surface area contributed by atoms with Gasteiger partial charge in [0.25, 0.3) is 5.91 Å². The number of primary amides is 1. The topological polar surface area (TPSA) is 65.2 Å². The van der Waals surface area contributed by atoms with E-state index in [1.54, 1.807) is 18.4 Å². The average Bonchev–Trinajstić information content (AvgIpc) is 2.99. The first-order valence-electron chi connectivity index (χ1n) is 8.07. The number of aromatic nitrogens is 1. The summed E-state index contributed by atoms with van der Waals surface area (Å²) in [7, 11) is 1.65. The van der Waals surface area contributed by atoms with Crippen LogP contribution in [-0.4, -0.2) is 18.0 Å². The highest BCUT2D eigenvalue weighted by molar-refractivity contribution is 7.19. The van der Waals surface area contributed by atoms with Crippen LogP contribution in [0.3, 0.4) is 0 Å². The maximum atomic E-state index is 11.7. The number of amides is 1. The van der Waals surface area contributed by atoms with E-state index < -0.39 is 5.91 Å². The molecule has 5 heteroatoms. The molecule has 1 amide bonds. The summed E-state index contributed by atoms with van der Waals surface area (Å²) < 4.78 is 5.25. The molecule has 0 bridgehead atoms. The molecule has 1 aliphatic carbocycles. The highest BCUT2D eigenvalue weighted by Crippen LogP contribution is 2.41. The molecule has 24 heavy (non-hydrogen) atoms. The van der Waals surface area contributed by atoms with Gasteiger partial charge in [-0.1, -0.05) is 12.1 Å². The predicted octanol–water partition coefficient (Wildman–Crippen LogP) is 3.95. The minimum Gasteiger partial charge on any atom is -0.497 e. The number of benzene rings is 1. The van der Waals surface area contributed by atoms with Crippen LogP contribution in [0.1, 0.15) is 33.8 Å². The number of hydrogen-bond acceptors (Lipinski definition) is 4. The van der Waals surface area contributed by atoms with Crippen LogP contribution in [0, 0.1) is 0 Å². The monoisotopic (exact) mass is 338 g/mol. The number of nitrogens with zero attached hydrogens (tertiary/aromatic N) is 1. The van der Waals surface area contributed by atoms with E-state index in [0.717, 1.165) is 34.5 Å². The summed E-state index contributed by atoms with van der Waals surface area (Å²) in [5.41, 5.74) is 9.32. The largest absolute Gasteiger partial charge is 0.497 e. The summed E-state index contributed by atoms with van der Waals surface area (Å²) >= 11 is 1.70. The Morgan fingerprint density at radius 1 is 1.21 bits per heavy atom. The molecule has 1 aromatic carbocycles. The molecule has 2 heterocycles. The number of methoxy groups -OCH3 is 1. The number of hydrogen-bond donors (Lipinski definition) is 1. The van der Waals surface area contributed by atoms with Crippen molar-refractivity contribution in [2.24, 2.45) is 5.73 Å². The molecule has 0 radical (unpaired) electrons. The Morgan fingerprint density at radius 2 is 1.96 bits per heavy atom. The lowest BCUT2D eigenvalue weighted by molar-refractivity contribution is 0.0996. The first kappa shape index (κ1) is 15.1. The number of carbonyl (C=O) groups is 1. The van der Waals surface area contributed by atoms with Crippen LogP contribution in [0.4, 0.5) is 0 Å². The van der Waals surface area contributed by atoms with Crippen molar-refractivity contribution in [2.75, 3.05) is 7.11 Å². The molecule has 122 valence electrons. The van der Waals surface area contributed by atoms with Crippen molar-refractivity contribution in [3.05, 3.63) is 46.5 Å². The van der Waals surface area contributed by atoms with Crippen molar-refractivity contribution in [3.63, 3.8) is 0 Å². The van der Waals surface area contributed by atoms with E-state index in [-0.39, 0.29) is 0 Å². The van der Waals surface area contributed by atoms with Gasteiger partial charge in [0, 0.05) is 10.3 Å². The van der Waals surface area contributed by atoms with E-state index in [1.807, 2.05) is 30.3 Å². The van der Waals surface area contributed by atoms with Crippen LogP contribution in [0.2, 0.25) is 0 Å². The lowest BCUT2D eigenvalue weighted by Crippen LogP contribution is -2.13. The summed E-state index contributed by atoms with van der Waals surface area (Å²) in [4.78, 5) is 18.6. The van der Waals surface area contributed by atoms with Gasteiger partial charge in [0.15, 0.2) is 0 Å². The van der Waals surface area contributed by atoms with Crippen molar-refractivity contribution >= 4 is 27.5 Å². The number of pyridine rings is 1. The van der Waals surface area contributed by atoms with E-state index in [9.17, 15) is 4.79 Å². The predicted molar refractivity (Wildman–Crippen MR) is 96.8 cm³/mol. The summed E-state index contributed by atoms with van der Waals surface area (Å²) in [6.07, 6.45) is 4.61. The van der Waals surface area contributed by atoms with E-state index in [0.29, 0.717) is 5.69 Å². The third kappa shape index (κ3) is 2.45. The van der Waals surface area contributed by atoms with Crippen molar-refractivity contribution in [2.45, 2.75) is 25.7 Å². The quantitative estimate of drug-likeness (QED) is 0.786. The molecule has 4 rings (SSSR count). The molecule has 0 saturated carbocycles. The molecule has 2 N–H and O–H groups in total. The van der Waals surface area contributed by atoms with Gasteiger partial charge in [-0.3, -0.25) is 4.79 Å². The van der Waals surface area contributed by atoms with E-state index in [2.05, 4.69) is 4.98 Å². The second kappa shape index (κ2) is 5.91. The minimum absolute atomic E-state index is 0.326. The maximum Gasteiger partial charge on any atom is 0.267 e. The third-order valence-corrected chi connectivity index (χ3v) is 5.76. The smallest absolute Gasteiger partial charge is 0.267 e. The number of aryl methyl sites for hydroxylation is 2. The molecule has 0 fully saturated rings. The molecular formula is C19H18N2O2S. The van der Waals surface area contributed by atoms with Crippen molar-refractivity contribution in [1.29, 1.82) is 0 Å². The Balaban J connectivity index is 1.99. The second-order valence-electron chi connectivity index (χ2n) is 6.04. The maximum absolute atomic E-state index is 11.7. The second-order valence-corrected chi connectivity index (χ2v) is 7.12. The fourth-order valence-electron chi connectivity index (χ4n) is 3.38. The molecule has 3 aromatic rings. The first-order valence-corrected chi connectivity index (χ1v) is 8.88. The normalized spacial score (nSPS) is 13.7. The standard InChI is InChI=1S/C19H18N2O2S/c1-23-12-8-6-11(7-9-12)14-10-15(18(20)22)21-19-17(14)13-4-2-3-5-16(13)24-19/h6-10H,2-5H2,1H3,(H2,20,22). The van der Waals surface area contributed by atoms with Gasteiger partial charge < -0.3 is 10.5 Å². The Kier molecular flexibility index (Phi) is 3.73. The molecule has 0 aliphatic heterocycles. The molecule has 4 nitrogen and oxygen atoms in total. The van der Waals surface area contributed by atoms with E-state index in [1.165, 1.54) is 28.7 Å². The van der Waals surface area contributed by atoms with Gasteiger partial charge in [-0.05, 0) is 60.6 Å². The zero-order valence-electron chi connectivity index (χ0n) is 13.5. The van der Waals surface area contributed by atoms with Crippen LogP contribution in [0.15, 0.2) is 30.3 Å². The fourth-order valence-corrected chi connectivity index (χ4v) is 4.67. The Hall–Kier alpha value is -2.40. The van der Waals surface area contributed by atoms with E-state index >= 15 is 0 Å². The van der Waals surface area contributed by atoms with Gasteiger partial charge in [-0.2, -0.15) is 0 Å². The van der Waals surface area contributed by atoms with Gasteiger partial charge >= 0.3 is 0 Å². The van der Waals surface area contributed by atoms with Crippen LogP contribution in [-0.2, 0) is 12.8 Å². The van der Waals surface area contributed by atoms with Crippen molar-refractivity contribution in [3.8, 4) is 16.9 Å². The SMILES string of the molecule is COc1ccc(-c2cc(C(N)=O)nc3sc4c(c23)CCCC4)cc1. The highest BCUT2D eigenvalue weighted by atomic mass is 32.1. The van der Waals surface area contributed by atoms with Gasteiger partial charge in [0.2, 0.25) is 0 Å². The molecule has 0 spiro atoms. The van der Waals surface area contributed by atoms with Crippen LogP contribution < -0.4 is 10.5 Å². The molecule has 0 atom stereocenters. The Bertz CT molecular complexity index is 929. The number of ether oxygens (including phenoxy) is 1. The number of rotatable bonds is 3. The summed E-state index contributed by atoms with van der Waals surface area (Å²) in [6.45, 7) is 0. The number of fused-ring (bicyclic) bond motifs is 3. The van der Waals surface area contributed by atoms with Crippen LogP contribution >= 0.6 is 11.3 Å². The zero-order valence-corrected chi connectivity index (χ0v) is 14.3. The molecule has 2 aromatic heterocycles. The summed E-state index contributed by atoms with van der Waals surface area (Å²) in [5, 5.41) is 1.19. The highest BCUT2D eigenvalue weighted by Gasteiger charge is 2.21. The van der Waals surface area contributed by atoms with Crippen molar-refractivity contribution < 1.29 is 9.53 Å². The Labute approximate surface area is 144 Å². The molecule has 1 aliphatic rings.